The Bertz CT molecular complexity index is 1870. The Balaban J connectivity index is 1.04. The Morgan fingerprint density at radius 1 is 0.958 bits per heavy atom. The molecule has 0 bridgehead atoms. The van der Waals surface area contributed by atoms with E-state index in [9.17, 15) is 27.2 Å². The highest BCUT2D eigenvalue weighted by atomic mass is 32.1. The Hall–Kier alpha value is -3.54. The van der Waals surface area contributed by atoms with E-state index >= 15 is 0 Å². The summed E-state index contributed by atoms with van der Waals surface area (Å²) in [6.07, 6.45) is -3.50. The van der Waals surface area contributed by atoms with Gasteiger partial charge in [0.2, 0.25) is 5.95 Å². The summed E-state index contributed by atoms with van der Waals surface area (Å²) in [7, 11) is 1.71. The average molecular weight is 687 g/mol. The van der Waals surface area contributed by atoms with Gasteiger partial charge in [-0.3, -0.25) is 4.90 Å². The molecule has 0 aliphatic carbocycles. The van der Waals surface area contributed by atoms with Crippen LogP contribution in [0, 0.1) is 23.7 Å². The van der Waals surface area contributed by atoms with E-state index in [0.717, 1.165) is 73.4 Å². The van der Waals surface area contributed by atoms with Gasteiger partial charge in [0.1, 0.15) is 22.4 Å². The fourth-order valence-electron chi connectivity index (χ4n) is 7.82. The lowest BCUT2D eigenvalue weighted by atomic mass is 9.86. The number of hydrogen-bond acceptors (Lipinski definition) is 8. The number of fused-ring (bicyclic) bond motifs is 2. The number of benzene rings is 1. The maximum Gasteiger partial charge on any atom is 0.393 e. The van der Waals surface area contributed by atoms with Gasteiger partial charge in [0.25, 0.3) is 5.92 Å². The van der Waals surface area contributed by atoms with Gasteiger partial charge in [0.15, 0.2) is 0 Å². The predicted octanol–water partition coefficient (Wildman–Crippen LogP) is 6.81. The van der Waals surface area contributed by atoms with Gasteiger partial charge in [-0.2, -0.15) is 23.4 Å². The first-order chi connectivity index (χ1) is 22.8. The molecule has 1 N–H and O–H groups in total. The standard InChI is InChI=1S/C34H39F5N8S/c1-22-23(3-4-28-26(22)15-24(18-40)47(28)14-13-44-10-7-33(35,36)8-11-44)19-45-9-5-32(20-45)6-12-46(21-32)29-27-16-25(17-34(37,38)39)48-30(27)43-31(41-2)42-29/h3-4,15-16H,5-14,17,19-21H2,1-2H3,(H,41,42,43). The number of rotatable bonds is 8. The highest BCUT2D eigenvalue weighted by Gasteiger charge is 2.44. The number of aromatic nitrogens is 3. The Morgan fingerprint density at radius 2 is 1.71 bits per heavy atom. The molecule has 3 aromatic heterocycles. The number of hydrogen-bond donors (Lipinski definition) is 1. The smallest absolute Gasteiger partial charge is 0.357 e. The molecular formula is C34H39F5N8S. The SMILES string of the molecule is CNc1nc(N2CCC3(CCN(Cc4ccc5c(cc(C#N)n5CCN5CCC(F)(F)CC5)c4C)C3)C2)c2cc(CC(F)(F)F)sc2n1. The van der Waals surface area contributed by atoms with Crippen LogP contribution >= 0.6 is 11.3 Å². The van der Waals surface area contributed by atoms with E-state index in [0.29, 0.717) is 53.9 Å². The molecule has 48 heavy (non-hydrogen) atoms. The third-order valence-corrected chi connectivity index (χ3v) is 11.5. The first-order valence-electron chi connectivity index (χ1n) is 16.5. The van der Waals surface area contributed by atoms with Crippen molar-refractivity contribution in [3.05, 3.63) is 46.0 Å². The molecule has 4 aromatic rings. The molecule has 0 amide bonds. The van der Waals surface area contributed by atoms with E-state index < -0.39 is 18.5 Å². The summed E-state index contributed by atoms with van der Waals surface area (Å²) in [5, 5.41) is 14.6. The van der Waals surface area contributed by atoms with Crippen molar-refractivity contribution < 1.29 is 22.0 Å². The highest BCUT2D eigenvalue weighted by molar-refractivity contribution is 7.18. The van der Waals surface area contributed by atoms with Crippen LogP contribution in [-0.2, 0) is 19.5 Å². The summed E-state index contributed by atoms with van der Waals surface area (Å²) in [5.74, 6) is -1.48. The van der Waals surface area contributed by atoms with Gasteiger partial charge in [-0.05, 0) is 55.6 Å². The maximum atomic E-state index is 13.6. The Labute approximate surface area is 280 Å². The summed E-state index contributed by atoms with van der Waals surface area (Å²) in [6, 6.07) is 10.1. The lowest BCUT2D eigenvalue weighted by Gasteiger charge is -2.31. The second kappa shape index (κ2) is 12.4. The lowest BCUT2D eigenvalue weighted by Crippen LogP contribution is -2.40. The number of nitrogens with one attached hydrogen (secondary N) is 1. The van der Waals surface area contributed by atoms with Crippen molar-refractivity contribution in [2.45, 2.75) is 64.2 Å². The molecule has 3 aliphatic heterocycles. The van der Waals surface area contributed by atoms with Gasteiger partial charge in [0, 0.05) is 93.4 Å². The van der Waals surface area contributed by atoms with Gasteiger partial charge in [0.05, 0.1) is 11.8 Å². The summed E-state index contributed by atoms with van der Waals surface area (Å²) in [5.41, 5.74) is 3.99. The molecule has 3 fully saturated rings. The minimum Gasteiger partial charge on any atom is -0.357 e. The van der Waals surface area contributed by atoms with Gasteiger partial charge < -0.3 is 19.7 Å². The van der Waals surface area contributed by atoms with Crippen LogP contribution in [0.4, 0.5) is 33.7 Å². The molecule has 0 saturated carbocycles. The van der Waals surface area contributed by atoms with Crippen LogP contribution in [0.1, 0.15) is 47.4 Å². The van der Waals surface area contributed by atoms with E-state index in [1.807, 2.05) is 10.6 Å². The highest BCUT2D eigenvalue weighted by Crippen LogP contribution is 2.44. The number of nitrogens with zero attached hydrogens (tertiary/aromatic N) is 7. The predicted molar refractivity (Wildman–Crippen MR) is 178 cm³/mol. The second-order valence-corrected chi connectivity index (χ2v) is 14.9. The van der Waals surface area contributed by atoms with Gasteiger partial charge in [-0.1, -0.05) is 6.07 Å². The zero-order chi connectivity index (χ0) is 33.8. The van der Waals surface area contributed by atoms with Crippen LogP contribution in [0.5, 0.6) is 0 Å². The number of piperidine rings is 1. The third kappa shape index (κ3) is 6.56. The molecule has 3 saturated heterocycles. The van der Waals surface area contributed by atoms with Gasteiger partial charge >= 0.3 is 6.18 Å². The van der Waals surface area contributed by atoms with Crippen molar-refractivity contribution in [1.29, 1.82) is 5.26 Å². The minimum absolute atomic E-state index is 0.0651. The topological polar surface area (TPSA) is 76.2 Å². The van der Waals surface area contributed by atoms with Crippen molar-refractivity contribution in [2.24, 2.45) is 5.41 Å². The van der Waals surface area contributed by atoms with E-state index in [1.54, 1.807) is 13.1 Å². The number of anilines is 2. The van der Waals surface area contributed by atoms with Crippen LogP contribution in [0.15, 0.2) is 24.3 Å². The Kier molecular flexibility index (Phi) is 8.53. The largest absolute Gasteiger partial charge is 0.393 e. The number of halogens is 5. The van der Waals surface area contributed by atoms with Gasteiger partial charge in [-0.15, -0.1) is 11.3 Å². The first-order valence-corrected chi connectivity index (χ1v) is 17.3. The summed E-state index contributed by atoms with van der Waals surface area (Å²) in [6.45, 7) is 8.24. The number of aryl methyl sites for hydroxylation is 1. The molecule has 256 valence electrons. The molecule has 8 nitrogen and oxygen atoms in total. The number of likely N-dealkylation sites (tertiary alicyclic amines) is 2. The molecule has 7 rings (SSSR count). The molecule has 1 aromatic carbocycles. The molecule has 1 unspecified atom stereocenters. The normalized spacial score (nSPS) is 22.0. The van der Waals surface area contributed by atoms with Gasteiger partial charge in [-0.25, -0.2) is 13.8 Å². The molecule has 14 heteroatoms. The lowest BCUT2D eigenvalue weighted by molar-refractivity contribution is -0.126. The monoisotopic (exact) mass is 686 g/mol. The summed E-state index contributed by atoms with van der Waals surface area (Å²) >= 11 is 1.07. The Morgan fingerprint density at radius 3 is 2.44 bits per heavy atom. The van der Waals surface area contributed by atoms with Crippen molar-refractivity contribution in [3.8, 4) is 6.07 Å². The van der Waals surface area contributed by atoms with E-state index in [1.165, 1.54) is 5.56 Å². The van der Waals surface area contributed by atoms with Crippen molar-refractivity contribution in [3.63, 3.8) is 0 Å². The first kappa shape index (κ1) is 33.0. The molecule has 1 spiro atoms. The van der Waals surface area contributed by atoms with Crippen LogP contribution in [0.2, 0.25) is 0 Å². The number of nitriles is 1. The van der Waals surface area contributed by atoms with Crippen LogP contribution in [0.25, 0.3) is 21.1 Å². The van der Waals surface area contributed by atoms with E-state index in [4.69, 9.17) is 4.98 Å². The molecule has 3 aliphatic rings. The molecule has 1 atom stereocenters. The summed E-state index contributed by atoms with van der Waals surface area (Å²) in [4.78, 5) is 16.7. The fourth-order valence-corrected chi connectivity index (χ4v) is 8.87. The van der Waals surface area contributed by atoms with Crippen molar-refractivity contribution in [2.75, 3.05) is 63.1 Å². The second-order valence-electron chi connectivity index (χ2n) is 13.7. The summed E-state index contributed by atoms with van der Waals surface area (Å²) < 4.78 is 68.8. The zero-order valence-corrected chi connectivity index (χ0v) is 28.0. The van der Waals surface area contributed by atoms with Crippen LogP contribution in [0.3, 0.4) is 0 Å². The third-order valence-electron chi connectivity index (χ3n) is 10.5. The molecule has 6 heterocycles. The number of alkyl halides is 5. The van der Waals surface area contributed by atoms with E-state index in [-0.39, 0.29) is 23.1 Å². The fraction of sp³-hybridized carbons (Fsp3) is 0.559. The van der Waals surface area contributed by atoms with Crippen LogP contribution in [-0.4, -0.2) is 89.3 Å². The number of thiophene rings is 1. The van der Waals surface area contributed by atoms with Crippen molar-refractivity contribution >= 4 is 44.2 Å². The quantitative estimate of drug-likeness (QED) is 0.204. The molecule has 0 radical (unpaired) electrons. The van der Waals surface area contributed by atoms with Crippen molar-refractivity contribution in [1.82, 2.24) is 24.3 Å². The average Bonchev–Trinajstić information content (AvgIpc) is 3.82. The van der Waals surface area contributed by atoms with Crippen LogP contribution < -0.4 is 10.2 Å². The molecular weight excluding hydrogens is 647 g/mol. The van der Waals surface area contributed by atoms with E-state index in [2.05, 4.69) is 50.1 Å². The minimum atomic E-state index is -4.28. The maximum absolute atomic E-state index is 13.6. The zero-order valence-electron chi connectivity index (χ0n) is 27.1.